The van der Waals surface area contributed by atoms with E-state index in [0.29, 0.717) is 10.7 Å². The molecular weight excluding hydrogens is 166 g/mol. The van der Waals surface area contributed by atoms with Gasteiger partial charge < -0.3 is 5.73 Å². The van der Waals surface area contributed by atoms with Gasteiger partial charge in [0.05, 0.1) is 0 Å². The van der Waals surface area contributed by atoms with Crippen LogP contribution in [0.15, 0.2) is 0 Å². The highest BCUT2D eigenvalue weighted by Crippen LogP contribution is 2.30. The largest absolute Gasteiger partial charge is 0.329 e. The predicted octanol–water partition coefficient (Wildman–Crippen LogP) is 2.75. The van der Waals surface area contributed by atoms with Gasteiger partial charge in [0, 0.05) is 11.8 Å². The van der Waals surface area contributed by atoms with Crippen LogP contribution < -0.4 is 5.73 Å². The normalized spacial score (nSPS) is 15.2. The van der Waals surface area contributed by atoms with E-state index in [1.165, 1.54) is 5.75 Å². The molecule has 0 spiro atoms. The quantitative estimate of drug-likeness (QED) is 0.736. The zero-order valence-electron chi connectivity index (χ0n) is 9.05. The molecule has 0 aromatic rings. The van der Waals surface area contributed by atoms with Gasteiger partial charge in [-0.3, -0.25) is 0 Å². The lowest BCUT2D eigenvalue weighted by molar-refractivity contribution is 0.398. The predicted molar refractivity (Wildman–Crippen MR) is 59.6 cm³/mol. The molecule has 0 aromatic heterocycles. The summed E-state index contributed by atoms with van der Waals surface area (Å²) in [5, 5.41) is 0.597. The van der Waals surface area contributed by atoms with Crippen molar-refractivity contribution in [3.05, 3.63) is 0 Å². The van der Waals surface area contributed by atoms with Gasteiger partial charge in [-0.2, -0.15) is 11.8 Å². The van der Waals surface area contributed by atoms with E-state index in [-0.39, 0.29) is 0 Å². The van der Waals surface area contributed by atoms with Gasteiger partial charge in [-0.1, -0.05) is 34.6 Å². The Bertz CT molecular complexity index is 115. The van der Waals surface area contributed by atoms with Crippen LogP contribution in [0.3, 0.4) is 0 Å². The van der Waals surface area contributed by atoms with Crippen LogP contribution in [0.1, 0.15) is 34.6 Å². The number of hydrogen-bond acceptors (Lipinski definition) is 2. The molecular formula is C10H23NS. The van der Waals surface area contributed by atoms with Crippen molar-refractivity contribution >= 4 is 11.8 Å². The van der Waals surface area contributed by atoms with Gasteiger partial charge in [0.2, 0.25) is 0 Å². The summed E-state index contributed by atoms with van der Waals surface area (Å²) in [6, 6.07) is 0. The maximum absolute atomic E-state index is 5.72. The molecule has 0 aromatic carbocycles. The van der Waals surface area contributed by atoms with Gasteiger partial charge in [-0.25, -0.2) is 0 Å². The molecule has 0 aliphatic rings. The van der Waals surface area contributed by atoms with E-state index < -0.39 is 0 Å². The summed E-state index contributed by atoms with van der Waals surface area (Å²) < 4.78 is 0. The van der Waals surface area contributed by atoms with Crippen molar-refractivity contribution in [2.24, 2.45) is 17.1 Å². The van der Waals surface area contributed by atoms with Crippen LogP contribution in [0.25, 0.3) is 0 Å². The van der Waals surface area contributed by atoms with Crippen molar-refractivity contribution in [1.82, 2.24) is 0 Å². The summed E-state index contributed by atoms with van der Waals surface area (Å²) in [6.45, 7) is 12.1. The Kier molecular flexibility index (Phi) is 5.26. The Balaban J connectivity index is 3.84. The Morgan fingerprint density at radius 3 is 2.00 bits per heavy atom. The fraction of sp³-hybridized carbons (Fsp3) is 1.00. The Hall–Kier alpha value is 0.310. The van der Waals surface area contributed by atoms with Crippen molar-refractivity contribution in [3.8, 4) is 0 Å². The second-order valence-electron chi connectivity index (χ2n) is 4.82. The highest BCUT2D eigenvalue weighted by molar-refractivity contribution is 8.00. The molecule has 1 atom stereocenters. The number of nitrogens with two attached hydrogens (primary N) is 1. The molecule has 0 fully saturated rings. The SMILES string of the molecule is CC(C)CSC(CN)C(C)(C)C. The van der Waals surface area contributed by atoms with Crippen molar-refractivity contribution in [2.75, 3.05) is 12.3 Å². The summed E-state index contributed by atoms with van der Waals surface area (Å²) >= 11 is 2.01. The third-order valence-corrected chi connectivity index (χ3v) is 3.97. The average Bonchev–Trinajstić information content (AvgIpc) is 1.85. The number of hydrogen-bond donors (Lipinski definition) is 1. The first-order valence-corrected chi connectivity index (χ1v) is 5.74. The number of rotatable bonds is 4. The molecule has 1 nitrogen and oxygen atoms in total. The molecule has 2 heteroatoms. The maximum atomic E-state index is 5.72. The smallest absolute Gasteiger partial charge is 0.0218 e. The van der Waals surface area contributed by atoms with Gasteiger partial charge in [-0.15, -0.1) is 0 Å². The standard InChI is InChI=1S/C10H23NS/c1-8(2)7-12-9(6-11)10(3,4)5/h8-9H,6-7,11H2,1-5H3. The summed E-state index contributed by atoms with van der Waals surface area (Å²) in [4.78, 5) is 0. The lowest BCUT2D eigenvalue weighted by Crippen LogP contribution is -2.31. The molecule has 0 rings (SSSR count). The van der Waals surface area contributed by atoms with Crippen LogP contribution in [0.2, 0.25) is 0 Å². The minimum Gasteiger partial charge on any atom is -0.329 e. The second-order valence-corrected chi connectivity index (χ2v) is 6.05. The first-order chi connectivity index (χ1) is 5.38. The van der Waals surface area contributed by atoms with Crippen molar-refractivity contribution in [3.63, 3.8) is 0 Å². The molecule has 0 saturated heterocycles. The monoisotopic (exact) mass is 189 g/mol. The highest BCUT2D eigenvalue weighted by Gasteiger charge is 2.23. The van der Waals surface area contributed by atoms with Crippen molar-refractivity contribution in [1.29, 1.82) is 0 Å². The molecule has 0 radical (unpaired) electrons. The van der Waals surface area contributed by atoms with E-state index in [2.05, 4.69) is 34.6 Å². The summed E-state index contributed by atoms with van der Waals surface area (Å²) in [5.41, 5.74) is 6.07. The summed E-state index contributed by atoms with van der Waals surface area (Å²) in [7, 11) is 0. The maximum Gasteiger partial charge on any atom is 0.0218 e. The molecule has 0 bridgehead atoms. The lowest BCUT2D eigenvalue weighted by Gasteiger charge is -2.29. The van der Waals surface area contributed by atoms with Gasteiger partial charge >= 0.3 is 0 Å². The minimum absolute atomic E-state index is 0.342. The van der Waals surface area contributed by atoms with E-state index in [1.54, 1.807) is 0 Å². The van der Waals surface area contributed by atoms with Crippen LogP contribution in [-0.2, 0) is 0 Å². The van der Waals surface area contributed by atoms with E-state index in [9.17, 15) is 0 Å². The summed E-state index contributed by atoms with van der Waals surface area (Å²) in [6.07, 6.45) is 0. The second kappa shape index (κ2) is 5.13. The van der Waals surface area contributed by atoms with Gasteiger partial charge in [0.15, 0.2) is 0 Å². The average molecular weight is 189 g/mol. The molecule has 0 heterocycles. The molecule has 2 N–H and O–H groups in total. The van der Waals surface area contributed by atoms with Crippen molar-refractivity contribution < 1.29 is 0 Å². The third-order valence-electron chi connectivity index (χ3n) is 1.81. The van der Waals surface area contributed by atoms with E-state index in [4.69, 9.17) is 5.73 Å². The zero-order valence-corrected chi connectivity index (χ0v) is 9.87. The molecule has 74 valence electrons. The first-order valence-electron chi connectivity index (χ1n) is 4.69. The van der Waals surface area contributed by atoms with Gasteiger partial charge in [0.1, 0.15) is 0 Å². The molecule has 0 aliphatic carbocycles. The molecule has 1 unspecified atom stereocenters. The Morgan fingerprint density at radius 2 is 1.75 bits per heavy atom. The van der Waals surface area contributed by atoms with Crippen LogP contribution in [0, 0.1) is 11.3 Å². The summed E-state index contributed by atoms with van der Waals surface area (Å²) in [5.74, 6) is 1.99. The van der Waals surface area contributed by atoms with Crippen LogP contribution in [0.4, 0.5) is 0 Å². The van der Waals surface area contributed by atoms with E-state index in [1.807, 2.05) is 11.8 Å². The fourth-order valence-electron chi connectivity index (χ4n) is 0.980. The first kappa shape index (κ1) is 12.3. The van der Waals surface area contributed by atoms with Crippen LogP contribution >= 0.6 is 11.8 Å². The molecule has 12 heavy (non-hydrogen) atoms. The van der Waals surface area contributed by atoms with Gasteiger partial charge in [-0.05, 0) is 17.1 Å². The van der Waals surface area contributed by atoms with Gasteiger partial charge in [0.25, 0.3) is 0 Å². The molecule has 0 aliphatic heterocycles. The fourth-order valence-corrected chi connectivity index (χ4v) is 2.23. The highest BCUT2D eigenvalue weighted by atomic mass is 32.2. The van der Waals surface area contributed by atoms with Crippen LogP contribution in [0.5, 0.6) is 0 Å². The van der Waals surface area contributed by atoms with E-state index in [0.717, 1.165) is 12.5 Å². The lowest BCUT2D eigenvalue weighted by atomic mass is 9.92. The number of thioether (sulfide) groups is 1. The van der Waals surface area contributed by atoms with Crippen LogP contribution in [-0.4, -0.2) is 17.5 Å². The zero-order chi connectivity index (χ0) is 9.78. The topological polar surface area (TPSA) is 26.0 Å². The molecule has 0 amide bonds. The molecule has 0 saturated carbocycles. The minimum atomic E-state index is 0.342. The Morgan fingerprint density at radius 1 is 1.25 bits per heavy atom. The third kappa shape index (κ3) is 5.04. The Labute approximate surface area is 81.5 Å². The van der Waals surface area contributed by atoms with Crippen molar-refractivity contribution in [2.45, 2.75) is 39.9 Å². The van der Waals surface area contributed by atoms with E-state index >= 15 is 0 Å².